The molecule has 1 fully saturated rings. The number of aromatic nitrogens is 2. The van der Waals surface area contributed by atoms with Crippen LogP contribution >= 0.6 is 34.9 Å². The van der Waals surface area contributed by atoms with Gasteiger partial charge in [-0.3, -0.25) is 9.59 Å². The topological polar surface area (TPSA) is 98.0 Å². The van der Waals surface area contributed by atoms with E-state index in [0.717, 1.165) is 30.1 Å². The first-order valence-electron chi connectivity index (χ1n) is 5.84. The minimum atomic E-state index is -0.377. The van der Waals surface area contributed by atoms with Gasteiger partial charge >= 0.3 is 0 Å². The molecule has 1 aliphatic heterocycles. The molecule has 1 atom stereocenters. The molecule has 0 bridgehead atoms. The lowest BCUT2D eigenvalue weighted by molar-refractivity contribution is -0.120. The SMILES string of the molecule is NC(=O)CSc1nnc(SC2CCCCNC2=O)s1. The highest BCUT2D eigenvalue weighted by molar-refractivity contribution is 8.04. The monoisotopic (exact) mass is 318 g/mol. The predicted octanol–water partition coefficient (Wildman–Crippen LogP) is 0.876. The number of amides is 2. The average Bonchev–Trinajstić information content (AvgIpc) is 2.72. The number of nitrogens with zero attached hydrogens (tertiary/aromatic N) is 2. The molecule has 0 spiro atoms. The largest absolute Gasteiger partial charge is 0.369 e. The Morgan fingerprint density at radius 2 is 2.21 bits per heavy atom. The van der Waals surface area contributed by atoms with E-state index < -0.39 is 0 Å². The molecule has 19 heavy (non-hydrogen) atoms. The number of carbonyl (C=O) groups excluding carboxylic acids is 2. The van der Waals surface area contributed by atoms with Gasteiger partial charge in [0.05, 0.1) is 11.0 Å². The quantitative estimate of drug-likeness (QED) is 0.782. The van der Waals surface area contributed by atoms with Gasteiger partial charge < -0.3 is 11.1 Å². The van der Waals surface area contributed by atoms with Gasteiger partial charge in [0, 0.05) is 6.54 Å². The van der Waals surface area contributed by atoms with E-state index in [1.54, 1.807) is 0 Å². The Labute approximate surface area is 123 Å². The number of thioether (sulfide) groups is 2. The summed E-state index contributed by atoms with van der Waals surface area (Å²) in [5, 5.41) is 10.8. The van der Waals surface area contributed by atoms with Crippen LogP contribution in [0.15, 0.2) is 8.68 Å². The van der Waals surface area contributed by atoms with Crippen LogP contribution < -0.4 is 11.1 Å². The Hall–Kier alpha value is -0.800. The number of primary amides is 1. The Morgan fingerprint density at radius 1 is 1.42 bits per heavy atom. The zero-order valence-corrected chi connectivity index (χ0v) is 12.6. The Kier molecular flexibility index (Phi) is 5.46. The molecule has 2 rings (SSSR count). The summed E-state index contributed by atoms with van der Waals surface area (Å²) in [4.78, 5) is 22.5. The van der Waals surface area contributed by atoms with Gasteiger partial charge in [0.1, 0.15) is 0 Å². The molecule has 6 nitrogen and oxygen atoms in total. The molecular weight excluding hydrogens is 304 g/mol. The third-order valence-corrected chi connectivity index (χ3v) is 5.88. The molecule has 9 heteroatoms. The maximum absolute atomic E-state index is 11.8. The first-order valence-corrected chi connectivity index (χ1v) is 8.52. The maximum Gasteiger partial charge on any atom is 0.233 e. The van der Waals surface area contributed by atoms with Crippen molar-refractivity contribution in [1.29, 1.82) is 0 Å². The van der Waals surface area contributed by atoms with Gasteiger partial charge in [-0.1, -0.05) is 41.3 Å². The lowest BCUT2D eigenvalue weighted by Gasteiger charge is -2.09. The summed E-state index contributed by atoms with van der Waals surface area (Å²) in [5.74, 6) is -0.106. The smallest absolute Gasteiger partial charge is 0.233 e. The van der Waals surface area contributed by atoms with Crippen LogP contribution in [0, 0.1) is 0 Å². The lowest BCUT2D eigenvalue weighted by atomic mass is 10.2. The second-order valence-corrected chi connectivity index (χ2v) is 7.63. The third-order valence-electron chi connectivity index (χ3n) is 2.45. The van der Waals surface area contributed by atoms with Crippen molar-refractivity contribution >= 4 is 46.7 Å². The molecule has 1 saturated heterocycles. The van der Waals surface area contributed by atoms with E-state index >= 15 is 0 Å². The fraction of sp³-hybridized carbons (Fsp3) is 0.600. The van der Waals surface area contributed by atoms with E-state index in [9.17, 15) is 9.59 Å². The van der Waals surface area contributed by atoms with Gasteiger partial charge in [-0.05, 0) is 12.8 Å². The highest BCUT2D eigenvalue weighted by Gasteiger charge is 2.23. The number of carbonyl (C=O) groups is 2. The van der Waals surface area contributed by atoms with E-state index in [1.165, 1.54) is 34.9 Å². The predicted molar refractivity (Wildman–Crippen MR) is 76.3 cm³/mol. The van der Waals surface area contributed by atoms with Gasteiger partial charge in [-0.2, -0.15) is 0 Å². The maximum atomic E-state index is 11.8. The third kappa shape index (κ3) is 4.66. The van der Waals surface area contributed by atoms with Gasteiger partial charge in [0.25, 0.3) is 0 Å². The van der Waals surface area contributed by atoms with E-state index in [1.807, 2.05) is 0 Å². The van der Waals surface area contributed by atoms with Crippen molar-refractivity contribution in [2.45, 2.75) is 33.2 Å². The van der Waals surface area contributed by atoms with Crippen molar-refractivity contribution in [3.63, 3.8) is 0 Å². The molecule has 104 valence electrons. The van der Waals surface area contributed by atoms with Gasteiger partial charge in [-0.15, -0.1) is 10.2 Å². The second-order valence-electron chi connectivity index (χ2n) is 3.98. The summed E-state index contributed by atoms with van der Waals surface area (Å²) in [6, 6.07) is 0. The van der Waals surface area contributed by atoms with Crippen molar-refractivity contribution in [2.75, 3.05) is 12.3 Å². The molecule has 1 aliphatic rings. The molecule has 0 aromatic carbocycles. The average molecular weight is 318 g/mol. The molecule has 1 aromatic rings. The van der Waals surface area contributed by atoms with Crippen LogP contribution in [0.4, 0.5) is 0 Å². The van der Waals surface area contributed by atoms with Crippen molar-refractivity contribution < 1.29 is 9.59 Å². The van der Waals surface area contributed by atoms with Crippen LogP contribution in [-0.2, 0) is 9.59 Å². The van der Waals surface area contributed by atoms with Gasteiger partial charge in [-0.25, -0.2) is 0 Å². The van der Waals surface area contributed by atoms with E-state index in [2.05, 4.69) is 15.5 Å². The lowest BCUT2D eigenvalue weighted by Crippen LogP contribution is -2.30. The van der Waals surface area contributed by atoms with Crippen molar-refractivity contribution in [2.24, 2.45) is 5.73 Å². The molecule has 3 N–H and O–H groups in total. The summed E-state index contributed by atoms with van der Waals surface area (Å²) < 4.78 is 1.46. The normalized spacial score (nSPS) is 19.8. The van der Waals surface area contributed by atoms with Crippen molar-refractivity contribution in [3.8, 4) is 0 Å². The van der Waals surface area contributed by atoms with Crippen LogP contribution in [0.25, 0.3) is 0 Å². The Bertz CT molecular complexity index is 465. The molecule has 2 amide bonds. The summed E-state index contributed by atoms with van der Waals surface area (Å²) >= 11 is 4.11. The highest BCUT2D eigenvalue weighted by atomic mass is 32.2. The summed E-state index contributed by atoms with van der Waals surface area (Å²) in [5.41, 5.74) is 5.07. The fourth-order valence-corrected chi connectivity index (χ4v) is 4.65. The molecule has 0 radical (unpaired) electrons. The molecule has 0 saturated carbocycles. The van der Waals surface area contributed by atoms with Crippen molar-refractivity contribution in [1.82, 2.24) is 15.5 Å². The van der Waals surface area contributed by atoms with Crippen LogP contribution in [0.3, 0.4) is 0 Å². The van der Waals surface area contributed by atoms with Crippen LogP contribution in [0.2, 0.25) is 0 Å². The minimum absolute atomic E-state index is 0.0732. The molecule has 1 unspecified atom stereocenters. The van der Waals surface area contributed by atoms with Crippen molar-refractivity contribution in [3.05, 3.63) is 0 Å². The Balaban J connectivity index is 1.91. The Morgan fingerprint density at radius 3 is 3.00 bits per heavy atom. The number of nitrogens with one attached hydrogen (secondary N) is 1. The number of nitrogens with two attached hydrogens (primary N) is 1. The molecular formula is C10H14N4O2S3. The van der Waals surface area contributed by atoms with E-state index in [-0.39, 0.29) is 22.8 Å². The zero-order valence-electron chi connectivity index (χ0n) is 10.1. The molecule has 1 aromatic heterocycles. The fourth-order valence-electron chi connectivity index (χ4n) is 1.58. The number of hydrogen-bond acceptors (Lipinski definition) is 7. The van der Waals surface area contributed by atoms with Crippen LogP contribution in [0.5, 0.6) is 0 Å². The first-order chi connectivity index (χ1) is 9.15. The minimum Gasteiger partial charge on any atom is -0.369 e. The number of rotatable bonds is 5. The van der Waals surface area contributed by atoms with E-state index in [4.69, 9.17) is 5.73 Å². The summed E-state index contributed by atoms with van der Waals surface area (Å²) in [7, 11) is 0. The second kappa shape index (κ2) is 7.11. The van der Waals surface area contributed by atoms with Crippen LogP contribution in [-0.4, -0.2) is 39.6 Å². The zero-order chi connectivity index (χ0) is 13.7. The summed E-state index contributed by atoms with van der Waals surface area (Å²) in [6.45, 7) is 0.756. The summed E-state index contributed by atoms with van der Waals surface area (Å²) in [6.07, 6.45) is 2.93. The highest BCUT2D eigenvalue weighted by Crippen LogP contribution is 2.33. The standard InChI is InChI=1S/C10H14N4O2S3/c11-7(15)5-17-9-13-14-10(19-9)18-6-3-1-2-4-12-8(6)16/h6H,1-5H2,(H2,11,15)(H,12,16). The van der Waals surface area contributed by atoms with E-state index in [0.29, 0.717) is 4.34 Å². The first kappa shape index (κ1) is 14.6. The molecule has 0 aliphatic carbocycles. The van der Waals surface area contributed by atoms with Crippen LogP contribution in [0.1, 0.15) is 19.3 Å². The molecule has 2 heterocycles. The number of hydrogen-bond donors (Lipinski definition) is 2. The van der Waals surface area contributed by atoms with Gasteiger partial charge in [0.2, 0.25) is 11.8 Å². The van der Waals surface area contributed by atoms with Gasteiger partial charge in [0.15, 0.2) is 8.68 Å².